The number of hydrogen-bond donors (Lipinski definition) is 2. The van der Waals surface area contributed by atoms with Gasteiger partial charge in [0, 0.05) is 17.6 Å². The highest BCUT2D eigenvalue weighted by molar-refractivity contribution is 6.30. The molecule has 0 aromatic heterocycles. The van der Waals surface area contributed by atoms with Gasteiger partial charge in [0.25, 0.3) is 0 Å². The summed E-state index contributed by atoms with van der Waals surface area (Å²) in [5.41, 5.74) is 1.84. The molecule has 4 heteroatoms. The molecule has 2 unspecified atom stereocenters. The molecule has 0 radical (unpaired) electrons. The second-order valence-electron chi connectivity index (χ2n) is 4.99. The van der Waals surface area contributed by atoms with Crippen LogP contribution in [0.4, 0.5) is 4.39 Å². The van der Waals surface area contributed by atoms with Crippen LogP contribution in [0, 0.1) is 5.82 Å². The number of rotatable bonds is 6. The summed E-state index contributed by atoms with van der Waals surface area (Å²) in [6, 6.07) is 13.7. The minimum Gasteiger partial charge on any atom is -0.387 e. The molecule has 0 aliphatic carbocycles. The second kappa shape index (κ2) is 7.55. The molecule has 0 spiro atoms. The van der Waals surface area contributed by atoms with E-state index in [2.05, 4.69) is 12.2 Å². The summed E-state index contributed by atoms with van der Waals surface area (Å²) in [4.78, 5) is 0. The molecule has 2 N–H and O–H groups in total. The van der Waals surface area contributed by atoms with Gasteiger partial charge < -0.3 is 10.4 Å². The van der Waals surface area contributed by atoms with Crippen molar-refractivity contribution in [1.82, 2.24) is 5.32 Å². The molecule has 0 fully saturated rings. The number of hydrogen-bond acceptors (Lipinski definition) is 2. The Balaban J connectivity index is 1.96. The average molecular weight is 308 g/mol. The lowest BCUT2D eigenvalue weighted by Crippen LogP contribution is -2.26. The number of aliphatic hydroxyl groups excluding tert-OH is 1. The van der Waals surface area contributed by atoms with Crippen LogP contribution in [0.3, 0.4) is 0 Å². The molecule has 0 bridgehead atoms. The lowest BCUT2D eigenvalue weighted by atomic mass is 10.0. The molecular weight excluding hydrogens is 289 g/mol. The predicted octanol–water partition coefficient (Wildman–Crippen LogP) is 4.25. The lowest BCUT2D eigenvalue weighted by Gasteiger charge is -2.20. The first-order chi connectivity index (χ1) is 10.1. The molecule has 21 heavy (non-hydrogen) atoms. The van der Waals surface area contributed by atoms with E-state index in [-0.39, 0.29) is 11.9 Å². The van der Waals surface area contributed by atoms with E-state index < -0.39 is 6.10 Å². The fourth-order valence-electron chi connectivity index (χ4n) is 2.25. The van der Waals surface area contributed by atoms with Gasteiger partial charge in [0.05, 0.1) is 6.10 Å². The van der Waals surface area contributed by atoms with Crippen molar-refractivity contribution >= 4 is 11.6 Å². The van der Waals surface area contributed by atoms with E-state index in [9.17, 15) is 9.50 Å². The van der Waals surface area contributed by atoms with Gasteiger partial charge in [-0.3, -0.25) is 0 Å². The molecule has 112 valence electrons. The van der Waals surface area contributed by atoms with E-state index in [1.54, 1.807) is 12.1 Å². The van der Waals surface area contributed by atoms with Gasteiger partial charge in [-0.1, -0.05) is 42.8 Å². The van der Waals surface area contributed by atoms with Gasteiger partial charge in [-0.15, -0.1) is 0 Å². The molecule has 2 atom stereocenters. The quantitative estimate of drug-likeness (QED) is 0.836. The Morgan fingerprint density at radius 1 is 1.05 bits per heavy atom. The minimum absolute atomic E-state index is 0.150. The first kappa shape index (κ1) is 16.0. The zero-order valence-electron chi connectivity index (χ0n) is 11.9. The van der Waals surface area contributed by atoms with Gasteiger partial charge in [0.1, 0.15) is 5.82 Å². The Hall–Kier alpha value is -1.42. The molecule has 0 aliphatic rings. The smallest absolute Gasteiger partial charge is 0.123 e. The Labute approximate surface area is 129 Å². The van der Waals surface area contributed by atoms with Crippen LogP contribution >= 0.6 is 11.6 Å². The number of halogens is 2. The van der Waals surface area contributed by atoms with Gasteiger partial charge in [0.15, 0.2) is 0 Å². The number of benzene rings is 2. The first-order valence-electron chi connectivity index (χ1n) is 7.02. The Bertz CT molecular complexity index is 556. The van der Waals surface area contributed by atoms with Gasteiger partial charge in [-0.05, 0) is 41.8 Å². The molecule has 0 saturated carbocycles. The Morgan fingerprint density at radius 2 is 1.62 bits per heavy atom. The lowest BCUT2D eigenvalue weighted by molar-refractivity contribution is 0.169. The summed E-state index contributed by atoms with van der Waals surface area (Å²) in [5.74, 6) is -0.300. The molecule has 0 amide bonds. The summed E-state index contributed by atoms with van der Waals surface area (Å²) in [6.45, 7) is 2.49. The highest BCUT2D eigenvalue weighted by atomic mass is 35.5. The topological polar surface area (TPSA) is 32.3 Å². The first-order valence-corrected chi connectivity index (χ1v) is 7.40. The van der Waals surface area contributed by atoms with E-state index in [4.69, 9.17) is 11.6 Å². The van der Waals surface area contributed by atoms with Crippen molar-refractivity contribution in [1.29, 1.82) is 0 Å². The molecule has 0 heterocycles. The molecule has 2 nitrogen and oxygen atoms in total. The number of nitrogens with one attached hydrogen (secondary N) is 1. The third-order valence-electron chi connectivity index (χ3n) is 3.49. The minimum atomic E-state index is -0.660. The molecule has 2 rings (SSSR count). The normalized spacial score (nSPS) is 13.9. The Morgan fingerprint density at radius 3 is 2.19 bits per heavy atom. The van der Waals surface area contributed by atoms with Crippen molar-refractivity contribution < 1.29 is 9.50 Å². The van der Waals surface area contributed by atoms with Crippen LogP contribution in [0.1, 0.15) is 36.6 Å². The molecule has 0 aliphatic heterocycles. The highest BCUT2D eigenvalue weighted by Crippen LogP contribution is 2.20. The summed E-state index contributed by atoms with van der Waals surface area (Å²) in [5, 5.41) is 14.2. The fourth-order valence-corrected chi connectivity index (χ4v) is 2.38. The van der Waals surface area contributed by atoms with Crippen molar-refractivity contribution in [3.8, 4) is 0 Å². The van der Waals surface area contributed by atoms with E-state index in [0.29, 0.717) is 17.1 Å². The van der Waals surface area contributed by atoms with E-state index in [1.807, 2.05) is 24.3 Å². The maximum absolute atomic E-state index is 12.9. The van der Waals surface area contributed by atoms with Gasteiger partial charge in [0.2, 0.25) is 0 Å². The van der Waals surface area contributed by atoms with Crippen LogP contribution in [0.15, 0.2) is 48.5 Å². The highest BCUT2D eigenvalue weighted by Gasteiger charge is 2.12. The van der Waals surface area contributed by atoms with Gasteiger partial charge >= 0.3 is 0 Å². The standard InChI is InChI=1S/C17H19ClFNO/c1-2-16(12-3-7-14(18)8-4-12)20-11-17(21)13-5-9-15(19)10-6-13/h3-10,16-17,20-21H,2,11H2,1H3. The molecule has 2 aromatic rings. The fraction of sp³-hybridized carbons (Fsp3) is 0.294. The van der Waals surface area contributed by atoms with Crippen LogP contribution in [0.5, 0.6) is 0 Å². The molecule has 0 saturated heterocycles. The SMILES string of the molecule is CCC(NCC(O)c1ccc(F)cc1)c1ccc(Cl)cc1. The van der Waals surface area contributed by atoms with Crippen molar-refractivity contribution in [3.05, 3.63) is 70.5 Å². The monoisotopic (exact) mass is 307 g/mol. The number of aliphatic hydroxyl groups is 1. The van der Waals surface area contributed by atoms with Crippen molar-refractivity contribution in [2.24, 2.45) is 0 Å². The Kier molecular flexibility index (Phi) is 5.74. The maximum atomic E-state index is 12.9. The van der Waals surface area contributed by atoms with Crippen LogP contribution in [0.2, 0.25) is 5.02 Å². The summed E-state index contributed by atoms with van der Waals surface area (Å²) < 4.78 is 12.9. The van der Waals surface area contributed by atoms with Crippen LogP contribution in [-0.4, -0.2) is 11.7 Å². The van der Waals surface area contributed by atoms with E-state index in [1.165, 1.54) is 12.1 Å². The van der Waals surface area contributed by atoms with Crippen LogP contribution < -0.4 is 5.32 Å². The van der Waals surface area contributed by atoms with Gasteiger partial charge in [-0.25, -0.2) is 4.39 Å². The summed E-state index contributed by atoms with van der Waals surface area (Å²) >= 11 is 5.89. The van der Waals surface area contributed by atoms with E-state index in [0.717, 1.165) is 12.0 Å². The third kappa shape index (κ3) is 4.53. The average Bonchev–Trinajstić information content (AvgIpc) is 2.50. The van der Waals surface area contributed by atoms with Gasteiger partial charge in [-0.2, -0.15) is 0 Å². The summed E-state index contributed by atoms with van der Waals surface area (Å²) in [7, 11) is 0. The largest absolute Gasteiger partial charge is 0.387 e. The van der Waals surface area contributed by atoms with Crippen molar-refractivity contribution in [3.63, 3.8) is 0 Å². The zero-order valence-corrected chi connectivity index (χ0v) is 12.6. The molecule has 2 aromatic carbocycles. The van der Waals surface area contributed by atoms with E-state index >= 15 is 0 Å². The van der Waals surface area contributed by atoms with Crippen LogP contribution in [-0.2, 0) is 0 Å². The van der Waals surface area contributed by atoms with Crippen molar-refractivity contribution in [2.45, 2.75) is 25.5 Å². The second-order valence-corrected chi connectivity index (χ2v) is 5.42. The predicted molar refractivity (Wildman–Crippen MR) is 83.8 cm³/mol. The molecular formula is C17H19ClFNO. The maximum Gasteiger partial charge on any atom is 0.123 e. The van der Waals surface area contributed by atoms with Crippen LogP contribution in [0.25, 0.3) is 0 Å². The zero-order chi connectivity index (χ0) is 15.2. The third-order valence-corrected chi connectivity index (χ3v) is 3.74. The van der Waals surface area contributed by atoms with Crippen molar-refractivity contribution in [2.75, 3.05) is 6.54 Å². The summed E-state index contributed by atoms with van der Waals surface area (Å²) in [6.07, 6.45) is 0.240.